The average Bonchev–Trinajstić information content (AvgIpc) is 2.75. The smallest absolute Gasteiger partial charge is 0.234 e. The Hall–Kier alpha value is -2.51. The maximum atomic E-state index is 12.2. The maximum absolute atomic E-state index is 12.2. The van der Waals surface area contributed by atoms with Crippen LogP contribution in [0.3, 0.4) is 0 Å². The zero-order valence-corrected chi connectivity index (χ0v) is 19.0. The number of piperidine rings is 1. The molecule has 0 radical (unpaired) electrons. The quantitative estimate of drug-likeness (QED) is 0.624. The van der Waals surface area contributed by atoms with E-state index in [2.05, 4.69) is 27.7 Å². The van der Waals surface area contributed by atoms with Crippen molar-refractivity contribution in [2.24, 2.45) is 0 Å². The van der Waals surface area contributed by atoms with E-state index < -0.39 is 0 Å². The topological polar surface area (TPSA) is 70.7 Å². The maximum Gasteiger partial charge on any atom is 0.234 e. The van der Waals surface area contributed by atoms with Crippen molar-refractivity contribution in [3.05, 3.63) is 59.7 Å². The number of thioether (sulfide) groups is 1. The molecule has 31 heavy (non-hydrogen) atoms. The zero-order valence-electron chi connectivity index (χ0n) is 18.2. The van der Waals surface area contributed by atoms with Gasteiger partial charge in [-0.1, -0.05) is 24.3 Å². The highest BCUT2D eigenvalue weighted by atomic mass is 32.2. The molecule has 1 fully saturated rings. The van der Waals surface area contributed by atoms with Gasteiger partial charge in [0, 0.05) is 31.4 Å². The minimum absolute atomic E-state index is 0.000369. The molecule has 0 aromatic heterocycles. The minimum Gasteiger partial charge on any atom is -0.497 e. The Bertz CT molecular complexity index is 882. The van der Waals surface area contributed by atoms with Gasteiger partial charge >= 0.3 is 0 Å². The van der Waals surface area contributed by atoms with Gasteiger partial charge in [0.15, 0.2) is 0 Å². The average molecular weight is 442 g/mol. The molecule has 1 heterocycles. The number of carbonyl (C=O) groups is 2. The van der Waals surface area contributed by atoms with Crippen LogP contribution < -0.4 is 15.4 Å². The van der Waals surface area contributed by atoms with Gasteiger partial charge in [-0.25, -0.2) is 0 Å². The van der Waals surface area contributed by atoms with Crippen molar-refractivity contribution < 1.29 is 14.3 Å². The summed E-state index contributed by atoms with van der Waals surface area (Å²) in [4.78, 5) is 26.7. The van der Waals surface area contributed by atoms with Gasteiger partial charge < -0.3 is 15.4 Å². The number of nitrogens with one attached hydrogen (secondary N) is 2. The lowest BCUT2D eigenvalue weighted by Gasteiger charge is -2.32. The van der Waals surface area contributed by atoms with Crippen LogP contribution in [0, 0.1) is 6.92 Å². The molecule has 3 rings (SSSR count). The van der Waals surface area contributed by atoms with Crippen LogP contribution in [0.1, 0.15) is 24.0 Å². The predicted octanol–water partition coefficient (Wildman–Crippen LogP) is 3.46. The van der Waals surface area contributed by atoms with Gasteiger partial charge in [0.1, 0.15) is 5.75 Å². The van der Waals surface area contributed by atoms with E-state index in [0.29, 0.717) is 5.75 Å². The lowest BCUT2D eigenvalue weighted by molar-refractivity contribution is -0.119. The third-order valence-electron chi connectivity index (χ3n) is 5.26. The van der Waals surface area contributed by atoms with Crippen LogP contribution in [-0.2, 0) is 16.1 Å². The van der Waals surface area contributed by atoms with Gasteiger partial charge in [0.05, 0.1) is 18.6 Å². The lowest BCUT2D eigenvalue weighted by atomic mass is 10.0. The molecule has 0 spiro atoms. The number of methoxy groups -OCH3 is 1. The number of benzene rings is 2. The monoisotopic (exact) mass is 441 g/mol. The molecule has 166 valence electrons. The van der Waals surface area contributed by atoms with Gasteiger partial charge in [-0.05, 0) is 55.2 Å². The standard InChI is InChI=1S/C24H31N3O3S/c1-18-5-3-7-21(13-18)26-24(29)17-31-16-23(28)25-20-9-11-27(12-10-20)15-19-6-4-8-22(14-19)30-2/h3-8,13-14,20H,9-12,15-17H2,1-2H3,(H,25,28)(H,26,29). The van der Waals surface area contributed by atoms with Crippen molar-refractivity contribution in [2.75, 3.05) is 37.0 Å². The molecule has 0 atom stereocenters. The molecule has 1 aliphatic rings. The fraction of sp³-hybridized carbons (Fsp3) is 0.417. The van der Waals surface area contributed by atoms with Crippen molar-refractivity contribution in [2.45, 2.75) is 32.4 Å². The molecule has 6 nitrogen and oxygen atoms in total. The summed E-state index contributed by atoms with van der Waals surface area (Å²) >= 11 is 1.34. The number of rotatable bonds is 9. The summed E-state index contributed by atoms with van der Waals surface area (Å²) in [6.07, 6.45) is 1.88. The molecule has 2 amide bonds. The Kier molecular flexibility index (Phi) is 8.79. The fourth-order valence-electron chi connectivity index (χ4n) is 3.69. The number of aryl methyl sites for hydroxylation is 1. The van der Waals surface area contributed by atoms with Crippen LogP contribution in [-0.4, -0.2) is 54.5 Å². The number of amides is 2. The van der Waals surface area contributed by atoms with E-state index in [9.17, 15) is 9.59 Å². The normalized spacial score (nSPS) is 14.8. The summed E-state index contributed by atoms with van der Waals surface area (Å²) < 4.78 is 5.29. The van der Waals surface area contributed by atoms with Gasteiger partial charge in [-0.2, -0.15) is 0 Å². The molecule has 7 heteroatoms. The largest absolute Gasteiger partial charge is 0.497 e. The van der Waals surface area contributed by atoms with E-state index in [1.165, 1.54) is 17.3 Å². The van der Waals surface area contributed by atoms with E-state index in [1.54, 1.807) is 7.11 Å². The van der Waals surface area contributed by atoms with E-state index in [1.807, 2.05) is 43.3 Å². The third-order valence-corrected chi connectivity index (χ3v) is 6.19. The number of nitrogens with zero attached hydrogens (tertiary/aromatic N) is 1. The number of anilines is 1. The Morgan fingerprint density at radius 1 is 1.06 bits per heavy atom. The molecule has 2 aromatic carbocycles. The van der Waals surface area contributed by atoms with Crippen molar-refractivity contribution in [1.82, 2.24) is 10.2 Å². The van der Waals surface area contributed by atoms with Crippen molar-refractivity contribution in [1.29, 1.82) is 0 Å². The molecule has 0 bridgehead atoms. The molecular weight excluding hydrogens is 410 g/mol. The van der Waals surface area contributed by atoms with E-state index >= 15 is 0 Å². The van der Waals surface area contributed by atoms with Crippen LogP contribution in [0.5, 0.6) is 5.75 Å². The SMILES string of the molecule is COc1cccc(CN2CCC(NC(=O)CSCC(=O)Nc3cccc(C)c3)CC2)c1. The van der Waals surface area contributed by atoms with Crippen LogP contribution >= 0.6 is 11.8 Å². The van der Waals surface area contributed by atoms with Gasteiger partial charge in [0.2, 0.25) is 11.8 Å². The minimum atomic E-state index is -0.0887. The summed E-state index contributed by atoms with van der Waals surface area (Å²) in [5.41, 5.74) is 3.12. The Morgan fingerprint density at radius 2 is 1.81 bits per heavy atom. The number of hydrogen-bond acceptors (Lipinski definition) is 5. The van der Waals surface area contributed by atoms with Crippen molar-refractivity contribution >= 4 is 29.3 Å². The lowest BCUT2D eigenvalue weighted by Crippen LogP contribution is -2.44. The van der Waals surface area contributed by atoms with Crippen LogP contribution in [0.15, 0.2) is 48.5 Å². The van der Waals surface area contributed by atoms with Crippen molar-refractivity contribution in [3.63, 3.8) is 0 Å². The number of likely N-dealkylation sites (tertiary alicyclic amines) is 1. The highest BCUT2D eigenvalue weighted by Crippen LogP contribution is 2.18. The second-order valence-corrected chi connectivity index (χ2v) is 8.87. The summed E-state index contributed by atoms with van der Waals surface area (Å²) in [5.74, 6) is 1.35. The first-order valence-corrected chi connectivity index (χ1v) is 11.8. The second-order valence-electron chi connectivity index (χ2n) is 7.88. The molecule has 0 saturated carbocycles. The van der Waals surface area contributed by atoms with E-state index in [4.69, 9.17) is 4.74 Å². The highest BCUT2D eigenvalue weighted by Gasteiger charge is 2.21. The van der Waals surface area contributed by atoms with Crippen molar-refractivity contribution in [3.8, 4) is 5.75 Å². The first kappa shape index (κ1) is 23.2. The molecule has 2 aromatic rings. The summed E-state index contributed by atoms with van der Waals surface area (Å²) in [6.45, 7) is 4.78. The molecule has 2 N–H and O–H groups in total. The van der Waals surface area contributed by atoms with Gasteiger partial charge in [0.25, 0.3) is 0 Å². The highest BCUT2D eigenvalue weighted by molar-refractivity contribution is 8.00. The first-order chi connectivity index (χ1) is 15.0. The molecule has 1 saturated heterocycles. The second kappa shape index (κ2) is 11.8. The summed E-state index contributed by atoms with van der Waals surface area (Å²) in [7, 11) is 1.68. The van der Waals surface area contributed by atoms with E-state index in [0.717, 1.165) is 49.5 Å². The number of hydrogen-bond donors (Lipinski definition) is 2. The number of carbonyl (C=O) groups excluding carboxylic acids is 2. The summed E-state index contributed by atoms with van der Waals surface area (Å²) in [6, 6.07) is 16.0. The first-order valence-electron chi connectivity index (χ1n) is 10.6. The Balaban J connectivity index is 1.31. The summed E-state index contributed by atoms with van der Waals surface area (Å²) in [5, 5.41) is 5.98. The van der Waals surface area contributed by atoms with Crippen LogP contribution in [0.25, 0.3) is 0 Å². The predicted molar refractivity (Wildman–Crippen MR) is 127 cm³/mol. The van der Waals surface area contributed by atoms with Crippen LogP contribution in [0.4, 0.5) is 5.69 Å². The molecule has 0 aliphatic carbocycles. The number of ether oxygens (including phenoxy) is 1. The van der Waals surface area contributed by atoms with Gasteiger partial charge in [-0.3, -0.25) is 14.5 Å². The van der Waals surface area contributed by atoms with E-state index in [-0.39, 0.29) is 23.6 Å². The van der Waals surface area contributed by atoms with Crippen LogP contribution in [0.2, 0.25) is 0 Å². The molecule has 0 unspecified atom stereocenters. The van der Waals surface area contributed by atoms with Gasteiger partial charge in [-0.15, -0.1) is 11.8 Å². The molecule has 1 aliphatic heterocycles. The Morgan fingerprint density at radius 3 is 2.55 bits per heavy atom. The molecular formula is C24H31N3O3S. The zero-order chi connectivity index (χ0) is 22.1. The fourth-order valence-corrected chi connectivity index (χ4v) is 4.32. The third kappa shape index (κ3) is 7.92. The Labute approximate surface area is 188 Å².